The Kier molecular flexibility index (Phi) is 6.85. The molecule has 0 N–H and O–H groups in total. The van der Waals surface area contributed by atoms with E-state index in [2.05, 4.69) is 11.9 Å². The summed E-state index contributed by atoms with van der Waals surface area (Å²) in [5.41, 5.74) is -0.0397. The number of rotatable bonds is 8. The van der Waals surface area contributed by atoms with Crippen LogP contribution in [0.3, 0.4) is 0 Å². The van der Waals surface area contributed by atoms with E-state index in [4.69, 9.17) is 0 Å². The predicted octanol–water partition coefficient (Wildman–Crippen LogP) is 4.98. The number of carbonyl (C=O) groups is 1. The molecular weight excluding hydrogens is 279 g/mol. The van der Waals surface area contributed by atoms with Gasteiger partial charge in [0, 0.05) is 17.7 Å². The molecule has 0 bridgehead atoms. The summed E-state index contributed by atoms with van der Waals surface area (Å²) in [7, 11) is 0. The molecule has 21 heavy (non-hydrogen) atoms. The van der Waals surface area contributed by atoms with Gasteiger partial charge in [-0.2, -0.15) is 13.2 Å². The van der Waals surface area contributed by atoms with Gasteiger partial charge >= 0.3 is 6.18 Å². The number of Topliss-reactive ketones (excluding diaryl/α,β-unsaturated/α-hetero) is 1. The summed E-state index contributed by atoms with van der Waals surface area (Å²) in [6.45, 7) is 3.97. The molecule has 1 unspecified atom stereocenters. The van der Waals surface area contributed by atoms with Crippen LogP contribution in [-0.4, -0.2) is 16.9 Å². The first kappa shape index (κ1) is 17.7. The minimum atomic E-state index is -4.35. The summed E-state index contributed by atoms with van der Waals surface area (Å²) < 4.78 is 37.7. The molecular formula is C16H22F3NO. The molecule has 0 aromatic carbocycles. The lowest BCUT2D eigenvalue weighted by molar-refractivity contribution is -0.127. The van der Waals surface area contributed by atoms with Crippen molar-refractivity contribution in [3.8, 4) is 0 Å². The fourth-order valence-corrected chi connectivity index (χ4v) is 2.37. The van der Waals surface area contributed by atoms with Crippen LogP contribution in [0.1, 0.15) is 62.0 Å². The van der Waals surface area contributed by atoms with E-state index in [1.54, 1.807) is 0 Å². The highest BCUT2D eigenvalue weighted by Crippen LogP contribution is 2.25. The van der Waals surface area contributed by atoms with E-state index in [0.717, 1.165) is 25.7 Å². The number of aromatic nitrogens is 1. The van der Waals surface area contributed by atoms with Gasteiger partial charge < -0.3 is 0 Å². The monoisotopic (exact) mass is 301 g/mol. The fraction of sp³-hybridized carbons (Fsp3) is 0.625. The van der Waals surface area contributed by atoms with Crippen molar-refractivity contribution in [3.05, 3.63) is 29.6 Å². The van der Waals surface area contributed by atoms with E-state index in [9.17, 15) is 18.0 Å². The van der Waals surface area contributed by atoms with Gasteiger partial charge in [0.1, 0.15) is 0 Å². The molecule has 1 rings (SSSR count). The van der Waals surface area contributed by atoms with E-state index in [-0.39, 0.29) is 23.0 Å². The Morgan fingerprint density at radius 1 is 1.29 bits per heavy atom. The van der Waals surface area contributed by atoms with Crippen LogP contribution in [0.2, 0.25) is 0 Å². The van der Waals surface area contributed by atoms with E-state index in [0.29, 0.717) is 6.42 Å². The fourth-order valence-electron chi connectivity index (χ4n) is 2.37. The maximum atomic E-state index is 12.6. The largest absolute Gasteiger partial charge is 0.394 e. The zero-order chi connectivity index (χ0) is 15.9. The average molecular weight is 301 g/mol. The van der Waals surface area contributed by atoms with Crippen molar-refractivity contribution in [2.24, 2.45) is 5.92 Å². The molecule has 118 valence electrons. The van der Waals surface area contributed by atoms with Crippen LogP contribution >= 0.6 is 0 Å². The van der Waals surface area contributed by atoms with Crippen molar-refractivity contribution in [2.45, 2.75) is 58.5 Å². The maximum Gasteiger partial charge on any atom is 0.394 e. The first-order valence-electron chi connectivity index (χ1n) is 7.43. The number of carbonyl (C=O) groups excluding carboxylic acids is 1. The molecule has 0 spiro atoms. The van der Waals surface area contributed by atoms with Crippen molar-refractivity contribution in [3.63, 3.8) is 0 Å². The lowest BCUT2D eigenvalue weighted by Crippen LogP contribution is -2.20. The average Bonchev–Trinajstić information content (AvgIpc) is 2.42. The molecule has 5 heteroatoms. The molecule has 1 aromatic heterocycles. The van der Waals surface area contributed by atoms with Crippen LogP contribution in [-0.2, 0) is 6.42 Å². The van der Waals surface area contributed by atoms with E-state index in [1.807, 2.05) is 6.92 Å². The molecule has 1 atom stereocenters. The number of unbranched alkanes of at least 4 members (excludes halogenated alkanes) is 2. The lowest BCUT2D eigenvalue weighted by atomic mass is 9.89. The Bertz CT molecular complexity index is 457. The first-order valence-corrected chi connectivity index (χ1v) is 7.43. The zero-order valence-corrected chi connectivity index (χ0v) is 12.5. The van der Waals surface area contributed by atoms with Gasteiger partial charge in [0.15, 0.2) is 5.78 Å². The van der Waals surface area contributed by atoms with E-state index < -0.39 is 12.6 Å². The maximum absolute atomic E-state index is 12.6. The Morgan fingerprint density at radius 2 is 2.00 bits per heavy atom. The molecule has 2 nitrogen and oxygen atoms in total. The van der Waals surface area contributed by atoms with Gasteiger partial charge in [-0.25, -0.2) is 0 Å². The smallest absolute Gasteiger partial charge is 0.294 e. The molecule has 0 aliphatic heterocycles. The summed E-state index contributed by atoms with van der Waals surface area (Å²) in [5.74, 6) is -0.423. The highest BCUT2D eigenvalue weighted by molar-refractivity contribution is 5.98. The van der Waals surface area contributed by atoms with Gasteiger partial charge in [-0.1, -0.05) is 33.1 Å². The van der Waals surface area contributed by atoms with Crippen LogP contribution in [0.15, 0.2) is 18.3 Å². The number of halogens is 3. The van der Waals surface area contributed by atoms with Gasteiger partial charge in [0.05, 0.1) is 12.1 Å². The number of alkyl halides is 3. The van der Waals surface area contributed by atoms with Crippen LogP contribution in [0.4, 0.5) is 13.2 Å². The number of nitrogens with zero attached hydrogens (tertiary/aromatic N) is 1. The molecule has 1 heterocycles. The Balaban J connectivity index is 2.89. The molecule has 0 saturated heterocycles. The van der Waals surface area contributed by atoms with Crippen LogP contribution in [0.25, 0.3) is 0 Å². The lowest BCUT2D eigenvalue weighted by Gasteiger charge is -2.16. The van der Waals surface area contributed by atoms with Gasteiger partial charge in [-0.3, -0.25) is 9.78 Å². The Morgan fingerprint density at radius 3 is 2.57 bits per heavy atom. The summed E-state index contributed by atoms with van der Waals surface area (Å²) in [6, 6.07) is 2.98. The summed E-state index contributed by atoms with van der Waals surface area (Å²) >= 11 is 0. The van der Waals surface area contributed by atoms with Crippen LogP contribution < -0.4 is 0 Å². The third kappa shape index (κ3) is 5.86. The van der Waals surface area contributed by atoms with Gasteiger partial charge in [-0.15, -0.1) is 0 Å². The zero-order valence-electron chi connectivity index (χ0n) is 12.5. The summed E-state index contributed by atoms with van der Waals surface area (Å²) in [4.78, 5) is 16.2. The standard InChI is InChI=1S/C16H22F3NO/c1-3-5-6-8-12(4-2)15(21)13-9-7-10-20-14(13)11-16(17,18)19/h7,9-10,12H,3-6,8,11H2,1-2H3. The topological polar surface area (TPSA) is 30.0 Å². The van der Waals surface area contributed by atoms with Crippen molar-refractivity contribution in [1.82, 2.24) is 4.98 Å². The number of hydrogen-bond acceptors (Lipinski definition) is 2. The third-order valence-corrected chi connectivity index (χ3v) is 3.54. The number of hydrogen-bond donors (Lipinski definition) is 0. The van der Waals surface area contributed by atoms with E-state index in [1.165, 1.54) is 18.3 Å². The van der Waals surface area contributed by atoms with Crippen molar-refractivity contribution in [2.75, 3.05) is 0 Å². The molecule has 0 fully saturated rings. The molecule has 0 aliphatic rings. The molecule has 0 aliphatic carbocycles. The van der Waals surface area contributed by atoms with Crippen LogP contribution in [0, 0.1) is 5.92 Å². The van der Waals surface area contributed by atoms with Crippen molar-refractivity contribution >= 4 is 5.78 Å². The Hall–Kier alpha value is -1.39. The van der Waals surface area contributed by atoms with Gasteiger partial charge in [0.2, 0.25) is 0 Å². The Labute approximate surface area is 123 Å². The highest BCUT2D eigenvalue weighted by Gasteiger charge is 2.31. The second kappa shape index (κ2) is 8.15. The summed E-state index contributed by atoms with van der Waals surface area (Å²) in [6.07, 6.45) is 0.175. The quantitative estimate of drug-likeness (QED) is 0.501. The molecule has 0 radical (unpaired) electrons. The minimum Gasteiger partial charge on any atom is -0.294 e. The van der Waals surface area contributed by atoms with E-state index >= 15 is 0 Å². The third-order valence-electron chi connectivity index (χ3n) is 3.54. The highest BCUT2D eigenvalue weighted by atomic mass is 19.4. The second-order valence-electron chi connectivity index (χ2n) is 5.25. The number of pyridine rings is 1. The van der Waals surface area contributed by atoms with Crippen LogP contribution in [0.5, 0.6) is 0 Å². The molecule has 1 aromatic rings. The normalized spacial score (nSPS) is 13.2. The van der Waals surface area contributed by atoms with Gasteiger partial charge in [-0.05, 0) is 25.0 Å². The first-order chi connectivity index (χ1) is 9.89. The summed E-state index contributed by atoms with van der Waals surface area (Å²) in [5, 5.41) is 0. The molecule has 0 saturated carbocycles. The minimum absolute atomic E-state index is 0.123. The molecule has 0 amide bonds. The van der Waals surface area contributed by atoms with Crippen molar-refractivity contribution in [1.29, 1.82) is 0 Å². The van der Waals surface area contributed by atoms with Crippen molar-refractivity contribution < 1.29 is 18.0 Å². The SMILES string of the molecule is CCCCCC(CC)C(=O)c1cccnc1CC(F)(F)F. The predicted molar refractivity (Wildman–Crippen MR) is 76.2 cm³/mol. The second-order valence-corrected chi connectivity index (χ2v) is 5.25. The number of ketones is 1. The van der Waals surface area contributed by atoms with Gasteiger partial charge in [0.25, 0.3) is 0 Å².